The van der Waals surface area contributed by atoms with E-state index in [2.05, 4.69) is 9.35 Å². The molecule has 6 heteroatoms. The Kier molecular flexibility index (Phi) is 4.42. The van der Waals surface area contributed by atoms with Gasteiger partial charge in [0.05, 0.1) is 36.3 Å². The zero-order valence-electron chi connectivity index (χ0n) is 18.6. The maximum absolute atomic E-state index is 11.5. The first kappa shape index (κ1) is 20.1. The summed E-state index contributed by atoms with van der Waals surface area (Å²) in [5.41, 5.74) is 4.99. The summed E-state index contributed by atoms with van der Waals surface area (Å²) in [6.07, 6.45) is 1.68. The molecular formula is C28H20N2O4. The van der Waals surface area contributed by atoms with Crippen molar-refractivity contribution < 1.29 is 19.1 Å². The van der Waals surface area contributed by atoms with Crippen LogP contribution in [0.5, 0.6) is 11.5 Å². The molecule has 0 aliphatic carbocycles. The quantitative estimate of drug-likeness (QED) is 0.310. The predicted octanol–water partition coefficient (Wildman–Crippen LogP) is 5.86. The number of hydrogen-bond donors (Lipinski definition) is 0. The highest BCUT2D eigenvalue weighted by Gasteiger charge is 2.19. The lowest BCUT2D eigenvalue weighted by Gasteiger charge is -2.13. The van der Waals surface area contributed by atoms with Gasteiger partial charge in [0, 0.05) is 32.7 Å². The van der Waals surface area contributed by atoms with Crippen LogP contribution in [0.2, 0.25) is 0 Å². The molecule has 6 rings (SSSR count). The third-order valence-electron chi connectivity index (χ3n) is 6.41. The number of nitrogens with zero attached hydrogens (tertiary/aromatic N) is 2. The molecule has 166 valence electrons. The van der Waals surface area contributed by atoms with Crippen LogP contribution in [0.25, 0.3) is 43.6 Å². The average Bonchev–Trinajstić information content (AvgIpc) is 3.38. The van der Waals surface area contributed by atoms with Crippen molar-refractivity contribution in [3.05, 3.63) is 83.9 Å². The molecule has 0 aliphatic heterocycles. The van der Waals surface area contributed by atoms with Gasteiger partial charge in [-0.2, -0.15) is 0 Å². The topological polar surface area (TPSA) is 62.5 Å². The number of rotatable bonds is 5. The first-order chi connectivity index (χ1) is 16.7. The molecule has 0 aliphatic rings. The minimum absolute atomic E-state index is 0.583. The van der Waals surface area contributed by atoms with Gasteiger partial charge in [0.15, 0.2) is 0 Å². The SMILES string of the molecule is COc1ccc2c(c1)c1cc(OC)ccc1n2-n1c2ccc(C=O)cc2c2cc(C=O)ccc21. The van der Waals surface area contributed by atoms with Crippen molar-refractivity contribution in [2.24, 2.45) is 0 Å². The van der Waals surface area contributed by atoms with E-state index in [0.29, 0.717) is 11.1 Å². The minimum Gasteiger partial charge on any atom is -0.497 e. The number of benzene rings is 4. The van der Waals surface area contributed by atoms with Crippen LogP contribution < -0.4 is 9.47 Å². The summed E-state index contributed by atoms with van der Waals surface area (Å²) >= 11 is 0. The molecule has 0 saturated heterocycles. The van der Waals surface area contributed by atoms with E-state index < -0.39 is 0 Å². The molecule has 6 aromatic rings. The minimum atomic E-state index is 0.583. The van der Waals surface area contributed by atoms with Gasteiger partial charge in [0.25, 0.3) is 0 Å². The van der Waals surface area contributed by atoms with E-state index >= 15 is 0 Å². The summed E-state index contributed by atoms with van der Waals surface area (Å²) in [5.74, 6) is 1.53. The summed E-state index contributed by atoms with van der Waals surface area (Å²) in [6.45, 7) is 0. The maximum atomic E-state index is 11.5. The van der Waals surface area contributed by atoms with E-state index in [-0.39, 0.29) is 0 Å². The van der Waals surface area contributed by atoms with Gasteiger partial charge in [-0.05, 0) is 72.8 Å². The normalized spacial score (nSPS) is 11.5. The van der Waals surface area contributed by atoms with Crippen molar-refractivity contribution in [3.8, 4) is 11.5 Å². The Morgan fingerprint density at radius 1 is 0.529 bits per heavy atom. The summed E-state index contributed by atoms with van der Waals surface area (Å²) in [6, 6.07) is 23.3. The number of hydrogen-bond acceptors (Lipinski definition) is 4. The number of ether oxygens (including phenoxy) is 2. The summed E-state index contributed by atoms with van der Waals surface area (Å²) < 4.78 is 15.3. The third-order valence-corrected chi connectivity index (χ3v) is 6.41. The Morgan fingerprint density at radius 3 is 1.24 bits per heavy atom. The molecule has 4 aromatic carbocycles. The second kappa shape index (κ2) is 7.49. The van der Waals surface area contributed by atoms with Crippen LogP contribution in [-0.4, -0.2) is 36.1 Å². The fourth-order valence-corrected chi connectivity index (χ4v) is 4.83. The van der Waals surface area contributed by atoms with Gasteiger partial charge in [-0.25, -0.2) is 9.35 Å². The Labute approximate surface area is 194 Å². The first-order valence-corrected chi connectivity index (χ1v) is 10.8. The van der Waals surface area contributed by atoms with Gasteiger partial charge >= 0.3 is 0 Å². The van der Waals surface area contributed by atoms with Gasteiger partial charge in [0.2, 0.25) is 0 Å². The maximum Gasteiger partial charge on any atom is 0.150 e. The Morgan fingerprint density at radius 2 is 0.882 bits per heavy atom. The monoisotopic (exact) mass is 448 g/mol. The third kappa shape index (κ3) is 2.75. The number of aromatic nitrogens is 2. The molecule has 0 N–H and O–H groups in total. The second-order valence-electron chi connectivity index (χ2n) is 8.18. The van der Waals surface area contributed by atoms with Crippen molar-refractivity contribution in [2.75, 3.05) is 14.2 Å². The van der Waals surface area contributed by atoms with Gasteiger partial charge in [-0.15, -0.1) is 0 Å². The number of carbonyl (C=O) groups excluding carboxylic acids is 2. The molecule has 0 bridgehead atoms. The van der Waals surface area contributed by atoms with Gasteiger partial charge in [-0.1, -0.05) is 0 Å². The molecule has 0 unspecified atom stereocenters. The lowest BCUT2D eigenvalue weighted by atomic mass is 10.1. The predicted molar refractivity (Wildman–Crippen MR) is 134 cm³/mol. The zero-order chi connectivity index (χ0) is 23.4. The lowest BCUT2D eigenvalue weighted by molar-refractivity contribution is 0.111. The Bertz CT molecular complexity index is 1650. The number of fused-ring (bicyclic) bond motifs is 6. The fourth-order valence-electron chi connectivity index (χ4n) is 4.83. The molecule has 2 heterocycles. The second-order valence-corrected chi connectivity index (χ2v) is 8.18. The van der Waals surface area contributed by atoms with Crippen molar-refractivity contribution in [1.29, 1.82) is 0 Å². The highest BCUT2D eigenvalue weighted by atomic mass is 16.5. The summed E-state index contributed by atoms with van der Waals surface area (Å²) in [4.78, 5) is 23.0. The molecule has 0 atom stereocenters. The van der Waals surface area contributed by atoms with Crippen molar-refractivity contribution in [1.82, 2.24) is 9.35 Å². The van der Waals surface area contributed by atoms with E-state index in [4.69, 9.17) is 9.47 Å². The number of aldehydes is 2. The lowest BCUT2D eigenvalue weighted by Crippen LogP contribution is -2.08. The highest BCUT2D eigenvalue weighted by Crippen LogP contribution is 2.38. The van der Waals surface area contributed by atoms with Crippen molar-refractivity contribution in [3.63, 3.8) is 0 Å². The molecular weight excluding hydrogens is 428 g/mol. The van der Waals surface area contributed by atoms with Crippen LogP contribution in [0, 0.1) is 0 Å². The standard InChI is InChI=1S/C28H20N2O4/c1-33-19-5-9-27-23(13-19)24-14-20(34-2)6-10-28(24)30(27)29-25-7-3-17(15-31)11-21(25)22-12-18(16-32)4-8-26(22)29/h3-16H,1-2H3. The van der Waals surface area contributed by atoms with E-state index in [0.717, 1.165) is 67.7 Å². The van der Waals surface area contributed by atoms with Crippen LogP contribution in [0.4, 0.5) is 0 Å². The number of carbonyl (C=O) groups is 2. The van der Waals surface area contributed by atoms with Crippen molar-refractivity contribution in [2.45, 2.75) is 0 Å². The molecule has 0 fully saturated rings. The zero-order valence-corrected chi connectivity index (χ0v) is 18.6. The number of methoxy groups -OCH3 is 2. The molecule has 2 aromatic heterocycles. The van der Waals surface area contributed by atoms with E-state index in [9.17, 15) is 9.59 Å². The molecule has 0 saturated carbocycles. The largest absolute Gasteiger partial charge is 0.497 e. The first-order valence-electron chi connectivity index (χ1n) is 10.8. The van der Waals surface area contributed by atoms with Gasteiger partial charge < -0.3 is 9.47 Å². The van der Waals surface area contributed by atoms with Crippen LogP contribution in [-0.2, 0) is 0 Å². The summed E-state index contributed by atoms with van der Waals surface area (Å²) in [7, 11) is 3.31. The molecule has 6 nitrogen and oxygen atoms in total. The highest BCUT2D eigenvalue weighted by molar-refractivity contribution is 6.13. The van der Waals surface area contributed by atoms with E-state index in [1.807, 2.05) is 72.8 Å². The van der Waals surface area contributed by atoms with Crippen LogP contribution in [0.15, 0.2) is 72.8 Å². The molecule has 34 heavy (non-hydrogen) atoms. The van der Waals surface area contributed by atoms with Gasteiger partial charge in [0.1, 0.15) is 24.1 Å². The molecule has 0 radical (unpaired) electrons. The van der Waals surface area contributed by atoms with Gasteiger partial charge in [-0.3, -0.25) is 9.59 Å². The van der Waals surface area contributed by atoms with E-state index in [1.54, 1.807) is 14.2 Å². The Balaban J connectivity index is 1.83. The molecule has 0 amide bonds. The van der Waals surface area contributed by atoms with E-state index in [1.165, 1.54) is 0 Å². The van der Waals surface area contributed by atoms with Crippen LogP contribution >= 0.6 is 0 Å². The smallest absolute Gasteiger partial charge is 0.150 e. The van der Waals surface area contributed by atoms with Crippen molar-refractivity contribution >= 4 is 56.2 Å². The molecule has 0 spiro atoms. The van der Waals surface area contributed by atoms with Crippen LogP contribution in [0.1, 0.15) is 20.7 Å². The summed E-state index contributed by atoms with van der Waals surface area (Å²) in [5, 5.41) is 3.86. The fraction of sp³-hybridized carbons (Fsp3) is 0.0714. The van der Waals surface area contributed by atoms with Crippen LogP contribution in [0.3, 0.4) is 0 Å². The average molecular weight is 448 g/mol. The Hall–Kier alpha value is -4.58.